The maximum Gasteiger partial charge on any atom is 0.309 e. The van der Waals surface area contributed by atoms with Crippen molar-refractivity contribution in [1.82, 2.24) is 4.57 Å². The SMILES string of the molecule is Cc1c(N=Nc2ccc([N+](=O)[O-])cc2)sc(=O)n1C. The fraction of sp³-hybridized carbons (Fsp3) is 0.182. The van der Waals surface area contributed by atoms with Crippen LogP contribution in [0.5, 0.6) is 0 Å². The van der Waals surface area contributed by atoms with E-state index in [9.17, 15) is 14.9 Å². The summed E-state index contributed by atoms with van der Waals surface area (Å²) in [6.07, 6.45) is 0. The number of azo groups is 1. The van der Waals surface area contributed by atoms with Gasteiger partial charge >= 0.3 is 4.87 Å². The van der Waals surface area contributed by atoms with Gasteiger partial charge in [-0.05, 0) is 19.1 Å². The average molecular weight is 278 g/mol. The van der Waals surface area contributed by atoms with E-state index < -0.39 is 4.92 Å². The minimum Gasteiger partial charge on any atom is -0.304 e. The van der Waals surface area contributed by atoms with Crippen LogP contribution in [-0.2, 0) is 7.05 Å². The summed E-state index contributed by atoms with van der Waals surface area (Å²) < 4.78 is 1.49. The maximum atomic E-state index is 11.4. The molecule has 0 N–H and O–H groups in total. The number of hydrogen-bond donors (Lipinski definition) is 0. The van der Waals surface area contributed by atoms with Gasteiger partial charge in [-0.2, -0.15) is 0 Å². The molecule has 0 unspecified atom stereocenters. The highest BCUT2D eigenvalue weighted by Crippen LogP contribution is 2.25. The van der Waals surface area contributed by atoms with Crippen molar-refractivity contribution >= 4 is 27.7 Å². The van der Waals surface area contributed by atoms with Gasteiger partial charge in [0, 0.05) is 19.2 Å². The van der Waals surface area contributed by atoms with Crippen molar-refractivity contribution in [3.8, 4) is 0 Å². The molecule has 0 spiro atoms. The number of non-ortho nitro benzene ring substituents is 1. The fourth-order valence-corrected chi connectivity index (χ4v) is 2.15. The third-order valence-corrected chi connectivity index (χ3v) is 3.61. The second-order valence-electron chi connectivity index (χ2n) is 3.79. The zero-order valence-corrected chi connectivity index (χ0v) is 11.0. The van der Waals surface area contributed by atoms with Crippen molar-refractivity contribution in [1.29, 1.82) is 0 Å². The van der Waals surface area contributed by atoms with Crippen LogP contribution in [0.3, 0.4) is 0 Å². The molecule has 7 nitrogen and oxygen atoms in total. The van der Waals surface area contributed by atoms with E-state index in [2.05, 4.69) is 10.2 Å². The molecule has 8 heteroatoms. The molecule has 0 atom stereocenters. The van der Waals surface area contributed by atoms with E-state index >= 15 is 0 Å². The van der Waals surface area contributed by atoms with Gasteiger partial charge in [0.1, 0.15) is 0 Å². The van der Waals surface area contributed by atoms with E-state index in [0.717, 1.165) is 17.0 Å². The number of hydrogen-bond acceptors (Lipinski definition) is 6. The quantitative estimate of drug-likeness (QED) is 0.490. The molecule has 0 amide bonds. The molecule has 0 saturated heterocycles. The number of nitro groups is 1. The van der Waals surface area contributed by atoms with Gasteiger partial charge in [-0.1, -0.05) is 11.3 Å². The predicted octanol–water partition coefficient (Wildman–Crippen LogP) is 3.08. The highest BCUT2D eigenvalue weighted by Gasteiger charge is 2.07. The second kappa shape index (κ2) is 5.11. The molecule has 1 aromatic carbocycles. The van der Waals surface area contributed by atoms with Crippen LogP contribution in [0.4, 0.5) is 16.4 Å². The summed E-state index contributed by atoms with van der Waals surface area (Å²) in [5, 5.41) is 19.0. The molecule has 0 saturated carbocycles. The van der Waals surface area contributed by atoms with Crippen molar-refractivity contribution in [3.05, 3.63) is 49.7 Å². The molecule has 2 rings (SSSR count). The van der Waals surface area contributed by atoms with Crippen LogP contribution in [0.1, 0.15) is 5.69 Å². The first-order valence-electron chi connectivity index (χ1n) is 5.31. The van der Waals surface area contributed by atoms with E-state index in [0.29, 0.717) is 10.7 Å². The van der Waals surface area contributed by atoms with Crippen LogP contribution in [0.25, 0.3) is 0 Å². The molecule has 1 heterocycles. The summed E-state index contributed by atoms with van der Waals surface area (Å²) in [5.41, 5.74) is 1.23. The van der Waals surface area contributed by atoms with Crippen molar-refractivity contribution in [2.24, 2.45) is 17.3 Å². The zero-order chi connectivity index (χ0) is 14.0. The number of nitrogens with zero attached hydrogens (tertiary/aromatic N) is 4. The highest BCUT2D eigenvalue weighted by molar-refractivity contribution is 7.13. The van der Waals surface area contributed by atoms with Crippen LogP contribution in [-0.4, -0.2) is 9.49 Å². The Kier molecular flexibility index (Phi) is 3.52. The van der Waals surface area contributed by atoms with Gasteiger partial charge in [-0.15, -0.1) is 10.2 Å². The first-order chi connectivity index (χ1) is 8.99. The molecule has 0 aliphatic heterocycles. The van der Waals surface area contributed by atoms with Gasteiger partial charge in [0.05, 0.1) is 16.3 Å². The fourth-order valence-electron chi connectivity index (χ4n) is 1.34. The van der Waals surface area contributed by atoms with Gasteiger partial charge < -0.3 is 4.57 Å². The smallest absolute Gasteiger partial charge is 0.304 e. The summed E-state index contributed by atoms with van der Waals surface area (Å²) in [6.45, 7) is 1.78. The first-order valence-corrected chi connectivity index (χ1v) is 6.13. The van der Waals surface area contributed by atoms with Gasteiger partial charge in [0.25, 0.3) is 5.69 Å². The Morgan fingerprint density at radius 1 is 1.26 bits per heavy atom. The van der Waals surface area contributed by atoms with E-state index in [-0.39, 0.29) is 10.6 Å². The Morgan fingerprint density at radius 2 is 1.89 bits per heavy atom. The Balaban J connectivity index is 2.25. The third kappa shape index (κ3) is 2.74. The van der Waals surface area contributed by atoms with Gasteiger partial charge in [0.2, 0.25) is 0 Å². The lowest BCUT2D eigenvalue weighted by atomic mass is 10.3. The van der Waals surface area contributed by atoms with Crippen LogP contribution < -0.4 is 4.87 Å². The van der Waals surface area contributed by atoms with Gasteiger partial charge in [-0.3, -0.25) is 14.9 Å². The number of aromatic nitrogens is 1. The number of thiazole rings is 1. The van der Waals surface area contributed by atoms with Crippen LogP contribution in [0, 0.1) is 17.0 Å². The summed E-state index contributed by atoms with van der Waals surface area (Å²) in [7, 11) is 1.67. The first kappa shape index (κ1) is 13.1. The van der Waals surface area contributed by atoms with Gasteiger partial charge in [-0.25, -0.2) is 0 Å². The van der Waals surface area contributed by atoms with E-state index in [1.807, 2.05) is 0 Å². The van der Waals surface area contributed by atoms with Crippen molar-refractivity contribution in [3.63, 3.8) is 0 Å². The van der Waals surface area contributed by atoms with E-state index in [4.69, 9.17) is 0 Å². The van der Waals surface area contributed by atoms with Crippen LogP contribution in [0.2, 0.25) is 0 Å². The Bertz CT molecular complexity index is 700. The standard InChI is InChI=1S/C11H10N4O3S/c1-7-10(19-11(16)14(7)2)13-12-8-3-5-9(6-4-8)15(17)18/h3-6H,1-2H3. The largest absolute Gasteiger partial charge is 0.309 e. The monoisotopic (exact) mass is 278 g/mol. The van der Waals surface area contributed by atoms with Crippen molar-refractivity contribution in [2.45, 2.75) is 6.92 Å². The minimum atomic E-state index is -0.478. The summed E-state index contributed by atoms with van der Waals surface area (Å²) in [6, 6.07) is 5.72. The summed E-state index contributed by atoms with van der Waals surface area (Å²) in [5.74, 6) is 0. The topological polar surface area (TPSA) is 89.9 Å². The molecule has 0 fully saturated rings. The molecule has 0 aliphatic rings. The molecule has 19 heavy (non-hydrogen) atoms. The highest BCUT2D eigenvalue weighted by atomic mass is 32.1. The molecule has 0 aliphatic carbocycles. The van der Waals surface area contributed by atoms with Crippen LogP contribution in [0.15, 0.2) is 39.3 Å². The lowest BCUT2D eigenvalue weighted by Crippen LogP contribution is -2.08. The molecule has 98 valence electrons. The summed E-state index contributed by atoms with van der Waals surface area (Å²) >= 11 is 1.01. The summed E-state index contributed by atoms with van der Waals surface area (Å²) in [4.78, 5) is 21.3. The molecule has 2 aromatic rings. The average Bonchev–Trinajstić information content (AvgIpc) is 2.64. The van der Waals surface area contributed by atoms with E-state index in [1.54, 1.807) is 14.0 Å². The number of benzene rings is 1. The Labute approximate surface area is 112 Å². The minimum absolute atomic E-state index is 0.000464. The van der Waals surface area contributed by atoms with Crippen molar-refractivity contribution in [2.75, 3.05) is 0 Å². The Morgan fingerprint density at radius 3 is 2.37 bits per heavy atom. The zero-order valence-electron chi connectivity index (χ0n) is 10.2. The molecule has 1 aromatic heterocycles. The van der Waals surface area contributed by atoms with Gasteiger partial charge in [0.15, 0.2) is 5.00 Å². The third-order valence-electron chi connectivity index (χ3n) is 2.59. The van der Waals surface area contributed by atoms with E-state index in [1.165, 1.54) is 28.8 Å². The second-order valence-corrected chi connectivity index (χ2v) is 4.73. The maximum absolute atomic E-state index is 11.4. The number of rotatable bonds is 3. The molecular weight excluding hydrogens is 268 g/mol. The van der Waals surface area contributed by atoms with Crippen molar-refractivity contribution < 1.29 is 4.92 Å². The lowest BCUT2D eigenvalue weighted by molar-refractivity contribution is -0.384. The number of nitro benzene ring substituents is 1. The Hall–Kier alpha value is -2.35. The normalized spacial score (nSPS) is 11.1. The lowest BCUT2D eigenvalue weighted by Gasteiger charge is -1.94. The van der Waals surface area contributed by atoms with Crippen LogP contribution >= 0.6 is 11.3 Å². The predicted molar refractivity (Wildman–Crippen MR) is 71.6 cm³/mol. The molecule has 0 bridgehead atoms. The molecule has 0 radical (unpaired) electrons. The molecular formula is C11H10N4O3S.